The van der Waals surface area contributed by atoms with Gasteiger partial charge in [-0.15, -0.1) is 0 Å². The van der Waals surface area contributed by atoms with Gasteiger partial charge in [0.05, 0.1) is 13.2 Å². The molecule has 0 aromatic carbocycles. The van der Waals surface area contributed by atoms with Gasteiger partial charge in [-0.05, 0) is 38.5 Å². The first-order valence-electron chi connectivity index (χ1n) is 13.1. The standard InChI is InChI=1S/C27H46O9/c1-2-3-4-5-6-7-8-9-10-11-12-13-14-15-16-17-23(30)34-19-21(29)20-35-27-26(33)25(32)24(31)22(18-28)36-27/h3-4,6-7,9-10,21-22,24-29,31-33H,2,5,8,11-20H2,1H3/b4-3+,7-6+,10-9-/t21-,22+,24-,25-,26+,27+/m0/s1. The molecule has 0 radical (unpaired) electrons. The molecule has 1 fully saturated rings. The molecule has 0 bridgehead atoms. The lowest BCUT2D eigenvalue weighted by molar-refractivity contribution is -0.305. The highest BCUT2D eigenvalue weighted by atomic mass is 16.7. The van der Waals surface area contributed by atoms with E-state index in [4.69, 9.17) is 19.3 Å². The Bertz CT molecular complexity index is 647. The van der Waals surface area contributed by atoms with Crippen LogP contribution in [0.15, 0.2) is 36.5 Å². The molecule has 6 atom stereocenters. The zero-order valence-electron chi connectivity index (χ0n) is 21.5. The molecular weight excluding hydrogens is 468 g/mol. The largest absolute Gasteiger partial charge is 0.463 e. The van der Waals surface area contributed by atoms with E-state index in [9.17, 15) is 25.2 Å². The van der Waals surface area contributed by atoms with Crippen molar-refractivity contribution in [3.63, 3.8) is 0 Å². The fraction of sp³-hybridized carbons (Fsp3) is 0.741. The molecule has 0 aliphatic carbocycles. The Morgan fingerprint density at radius 2 is 1.50 bits per heavy atom. The highest BCUT2D eigenvalue weighted by Gasteiger charge is 2.44. The lowest BCUT2D eigenvalue weighted by Gasteiger charge is -2.39. The number of carbonyl (C=O) groups excluding carboxylic acids is 1. The van der Waals surface area contributed by atoms with Gasteiger partial charge in [-0.1, -0.05) is 62.6 Å². The summed E-state index contributed by atoms with van der Waals surface area (Å²) in [4.78, 5) is 11.9. The van der Waals surface area contributed by atoms with Crippen molar-refractivity contribution < 1.29 is 44.5 Å². The Labute approximate surface area is 215 Å². The Morgan fingerprint density at radius 1 is 0.861 bits per heavy atom. The molecule has 36 heavy (non-hydrogen) atoms. The zero-order valence-corrected chi connectivity index (χ0v) is 21.5. The number of ether oxygens (including phenoxy) is 3. The third-order valence-electron chi connectivity index (χ3n) is 5.77. The van der Waals surface area contributed by atoms with Crippen molar-refractivity contribution >= 4 is 5.97 Å². The monoisotopic (exact) mass is 514 g/mol. The van der Waals surface area contributed by atoms with Gasteiger partial charge in [0.15, 0.2) is 6.29 Å². The summed E-state index contributed by atoms with van der Waals surface area (Å²) in [6, 6.07) is 0. The molecular formula is C27H46O9. The maximum absolute atomic E-state index is 11.9. The van der Waals surface area contributed by atoms with Crippen LogP contribution in [0.5, 0.6) is 0 Å². The molecule has 1 aliphatic heterocycles. The minimum Gasteiger partial charge on any atom is -0.463 e. The Hall–Kier alpha value is -1.59. The van der Waals surface area contributed by atoms with Crippen LogP contribution in [-0.4, -0.2) is 88.1 Å². The topological polar surface area (TPSA) is 146 Å². The summed E-state index contributed by atoms with van der Waals surface area (Å²) in [6.07, 6.45) is 14.3. The van der Waals surface area contributed by atoms with Gasteiger partial charge < -0.3 is 39.7 Å². The van der Waals surface area contributed by atoms with E-state index < -0.39 is 49.4 Å². The molecule has 208 valence electrons. The molecule has 0 unspecified atom stereocenters. The van der Waals surface area contributed by atoms with Crippen LogP contribution in [0.1, 0.15) is 71.1 Å². The maximum Gasteiger partial charge on any atom is 0.305 e. The van der Waals surface area contributed by atoms with E-state index >= 15 is 0 Å². The highest BCUT2D eigenvalue weighted by Crippen LogP contribution is 2.22. The SMILES string of the molecule is CC/C=C/C/C=C/C/C=C\CCCCCCCC(=O)OC[C@H](O)CO[C@@H]1O[C@H](CO)[C@H](O)[C@H](O)[C@H]1O. The van der Waals surface area contributed by atoms with E-state index in [1.54, 1.807) is 0 Å². The molecule has 0 spiro atoms. The molecule has 0 amide bonds. The molecule has 0 saturated carbocycles. The van der Waals surface area contributed by atoms with Crippen LogP contribution in [-0.2, 0) is 19.0 Å². The zero-order chi connectivity index (χ0) is 26.6. The van der Waals surface area contributed by atoms with Gasteiger partial charge in [0.25, 0.3) is 0 Å². The predicted molar refractivity (Wildman–Crippen MR) is 136 cm³/mol. The lowest BCUT2D eigenvalue weighted by atomic mass is 9.99. The summed E-state index contributed by atoms with van der Waals surface area (Å²) in [6.45, 7) is 0.964. The van der Waals surface area contributed by atoms with Crippen molar-refractivity contribution in [1.82, 2.24) is 0 Å². The van der Waals surface area contributed by atoms with Gasteiger partial charge in [0.2, 0.25) is 0 Å². The summed E-state index contributed by atoms with van der Waals surface area (Å²) >= 11 is 0. The third-order valence-corrected chi connectivity index (χ3v) is 5.77. The second-order valence-electron chi connectivity index (χ2n) is 8.97. The molecule has 5 N–H and O–H groups in total. The van der Waals surface area contributed by atoms with E-state index in [1.165, 1.54) is 0 Å². The van der Waals surface area contributed by atoms with Crippen molar-refractivity contribution in [3.8, 4) is 0 Å². The molecule has 1 heterocycles. The summed E-state index contributed by atoms with van der Waals surface area (Å²) < 4.78 is 15.5. The average Bonchev–Trinajstić information content (AvgIpc) is 2.88. The minimum atomic E-state index is -1.56. The van der Waals surface area contributed by atoms with E-state index in [2.05, 4.69) is 43.4 Å². The van der Waals surface area contributed by atoms with Crippen molar-refractivity contribution in [1.29, 1.82) is 0 Å². The van der Waals surface area contributed by atoms with Gasteiger partial charge in [-0.2, -0.15) is 0 Å². The Balaban J connectivity index is 2.02. The van der Waals surface area contributed by atoms with Gasteiger partial charge in [-0.25, -0.2) is 0 Å². The van der Waals surface area contributed by atoms with Crippen LogP contribution in [0.4, 0.5) is 0 Å². The molecule has 9 heteroatoms. The number of rotatable bonds is 19. The molecule has 1 rings (SSSR count). The second-order valence-corrected chi connectivity index (χ2v) is 8.97. The maximum atomic E-state index is 11.9. The molecule has 1 saturated heterocycles. The third kappa shape index (κ3) is 14.2. The molecule has 1 aliphatic rings. The number of unbranched alkanes of at least 4 members (excludes halogenated alkanes) is 5. The summed E-state index contributed by atoms with van der Waals surface area (Å²) in [7, 11) is 0. The molecule has 0 aromatic rings. The minimum absolute atomic E-state index is 0.271. The van der Waals surface area contributed by atoms with Gasteiger partial charge in [0, 0.05) is 6.42 Å². The average molecular weight is 515 g/mol. The Kier molecular flexibility index (Phi) is 18.4. The lowest BCUT2D eigenvalue weighted by Crippen LogP contribution is -2.59. The van der Waals surface area contributed by atoms with E-state index in [0.29, 0.717) is 0 Å². The van der Waals surface area contributed by atoms with E-state index in [0.717, 1.165) is 57.8 Å². The number of carbonyl (C=O) groups is 1. The second kappa shape index (κ2) is 20.5. The molecule has 9 nitrogen and oxygen atoms in total. The summed E-state index contributed by atoms with van der Waals surface area (Å²) in [5.74, 6) is -0.400. The fourth-order valence-electron chi connectivity index (χ4n) is 3.61. The van der Waals surface area contributed by atoms with Crippen LogP contribution in [0, 0.1) is 0 Å². The number of hydrogen-bond acceptors (Lipinski definition) is 9. The number of hydrogen-bond donors (Lipinski definition) is 5. The highest BCUT2D eigenvalue weighted by molar-refractivity contribution is 5.69. The number of aliphatic hydroxyl groups is 5. The summed E-state index contributed by atoms with van der Waals surface area (Å²) in [5, 5.41) is 48.5. The Morgan fingerprint density at radius 3 is 2.19 bits per heavy atom. The first-order valence-corrected chi connectivity index (χ1v) is 13.1. The van der Waals surface area contributed by atoms with E-state index in [-0.39, 0.29) is 19.6 Å². The normalized spacial score (nSPS) is 25.8. The van der Waals surface area contributed by atoms with Gasteiger partial charge >= 0.3 is 5.97 Å². The van der Waals surface area contributed by atoms with Crippen LogP contribution in [0.3, 0.4) is 0 Å². The quantitative estimate of drug-likeness (QED) is 0.0995. The van der Waals surface area contributed by atoms with E-state index in [1.807, 2.05) is 0 Å². The van der Waals surface area contributed by atoms with Crippen LogP contribution in [0.25, 0.3) is 0 Å². The van der Waals surface area contributed by atoms with Gasteiger partial charge in [-0.3, -0.25) is 4.79 Å². The summed E-state index contributed by atoms with van der Waals surface area (Å²) in [5.41, 5.74) is 0. The van der Waals surface area contributed by atoms with Crippen LogP contribution in [0.2, 0.25) is 0 Å². The predicted octanol–water partition coefficient (Wildman–Crippen LogP) is 2.30. The van der Waals surface area contributed by atoms with Crippen molar-refractivity contribution in [2.75, 3.05) is 19.8 Å². The van der Waals surface area contributed by atoms with Crippen molar-refractivity contribution in [2.24, 2.45) is 0 Å². The number of aliphatic hydroxyl groups excluding tert-OH is 5. The van der Waals surface area contributed by atoms with Crippen molar-refractivity contribution in [3.05, 3.63) is 36.5 Å². The number of esters is 1. The fourth-order valence-corrected chi connectivity index (χ4v) is 3.61. The molecule has 0 aromatic heterocycles. The number of allylic oxidation sites excluding steroid dienone is 6. The van der Waals surface area contributed by atoms with Crippen molar-refractivity contribution in [2.45, 2.75) is 108 Å². The smallest absolute Gasteiger partial charge is 0.305 e. The van der Waals surface area contributed by atoms with Crippen LogP contribution >= 0.6 is 0 Å². The van der Waals surface area contributed by atoms with Crippen LogP contribution < -0.4 is 0 Å². The van der Waals surface area contributed by atoms with Gasteiger partial charge in [0.1, 0.15) is 37.1 Å². The first-order chi connectivity index (χ1) is 17.4. The first kappa shape index (κ1) is 32.4.